The molecule has 0 heterocycles. The summed E-state index contributed by atoms with van der Waals surface area (Å²) < 4.78 is 17.4. The van der Waals surface area contributed by atoms with Crippen molar-refractivity contribution in [2.45, 2.75) is 6.61 Å². The fraction of sp³-hybridized carbons (Fsp3) is 0.250. The summed E-state index contributed by atoms with van der Waals surface area (Å²) in [5.41, 5.74) is 1.25. The second-order valence-corrected chi connectivity index (χ2v) is 2.28. The third-order valence-corrected chi connectivity index (χ3v) is 1.40. The molecule has 0 amide bonds. The zero-order valence-electron chi connectivity index (χ0n) is 6.30. The lowest BCUT2D eigenvalue weighted by molar-refractivity contribution is 0.185. The Morgan fingerprint density at radius 1 is 1.55 bits per heavy atom. The Morgan fingerprint density at radius 2 is 2.27 bits per heavy atom. The van der Waals surface area contributed by atoms with Crippen LogP contribution in [0, 0.1) is 5.82 Å². The summed E-state index contributed by atoms with van der Waals surface area (Å²) in [5, 5.41) is 0. The standard InChI is InChI=1S/C8H8BFO/c1-11-5-6-4-7(10)2-3-8(6)9/h2-4H,5H2,1H3. The zero-order chi connectivity index (χ0) is 8.27. The second kappa shape index (κ2) is 3.53. The summed E-state index contributed by atoms with van der Waals surface area (Å²) in [4.78, 5) is 0. The molecule has 0 aliphatic heterocycles. The van der Waals surface area contributed by atoms with Gasteiger partial charge in [-0.15, -0.1) is 0 Å². The van der Waals surface area contributed by atoms with E-state index in [1.54, 1.807) is 7.11 Å². The van der Waals surface area contributed by atoms with Crippen LogP contribution in [0.1, 0.15) is 5.56 Å². The Balaban J connectivity index is 2.93. The van der Waals surface area contributed by atoms with E-state index < -0.39 is 0 Å². The van der Waals surface area contributed by atoms with E-state index in [0.717, 1.165) is 0 Å². The predicted octanol–water partition coefficient (Wildman–Crippen LogP) is 0.766. The molecule has 0 atom stereocenters. The third-order valence-electron chi connectivity index (χ3n) is 1.40. The van der Waals surface area contributed by atoms with Crippen LogP contribution in [0.25, 0.3) is 0 Å². The minimum absolute atomic E-state index is 0.286. The zero-order valence-corrected chi connectivity index (χ0v) is 6.30. The number of methoxy groups -OCH3 is 1. The van der Waals surface area contributed by atoms with Crippen LogP contribution < -0.4 is 5.46 Å². The van der Waals surface area contributed by atoms with E-state index in [1.165, 1.54) is 18.2 Å². The maximum atomic E-state index is 12.6. The molecule has 1 aromatic carbocycles. The third kappa shape index (κ3) is 2.05. The number of hydrogen-bond acceptors (Lipinski definition) is 1. The van der Waals surface area contributed by atoms with Gasteiger partial charge in [-0.2, -0.15) is 0 Å². The number of ether oxygens (including phenoxy) is 1. The Kier molecular flexibility index (Phi) is 2.66. The second-order valence-electron chi connectivity index (χ2n) is 2.28. The average molecular weight is 150 g/mol. The van der Waals surface area contributed by atoms with Gasteiger partial charge in [0.25, 0.3) is 0 Å². The molecule has 0 fully saturated rings. The fourth-order valence-electron chi connectivity index (χ4n) is 0.855. The molecule has 2 radical (unpaired) electrons. The lowest BCUT2D eigenvalue weighted by Crippen LogP contribution is -2.10. The molecule has 0 aliphatic rings. The molecule has 1 aromatic rings. The van der Waals surface area contributed by atoms with Crippen molar-refractivity contribution in [2.24, 2.45) is 0 Å². The molecule has 56 valence electrons. The van der Waals surface area contributed by atoms with E-state index in [2.05, 4.69) is 0 Å². The van der Waals surface area contributed by atoms with E-state index in [1.807, 2.05) is 0 Å². The Hall–Kier alpha value is -0.825. The van der Waals surface area contributed by atoms with Gasteiger partial charge in [0.2, 0.25) is 0 Å². The highest BCUT2D eigenvalue weighted by Crippen LogP contribution is 2.00. The van der Waals surface area contributed by atoms with E-state index >= 15 is 0 Å². The highest BCUT2D eigenvalue weighted by molar-refractivity contribution is 6.33. The summed E-state index contributed by atoms with van der Waals surface area (Å²) in [6.45, 7) is 0.351. The van der Waals surface area contributed by atoms with Crippen LogP contribution in [0.15, 0.2) is 18.2 Å². The van der Waals surface area contributed by atoms with Gasteiger partial charge in [-0.25, -0.2) is 4.39 Å². The normalized spacial score (nSPS) is 10.0. The summed E-state index contributed by atoms with van der Waals surface area (Å²) >= 11 is 0. The molecule has 0 aliphatic carbocycles. The van der Waals surface area contributed by atoms with Crippen molar-refractivity contribution in [1.29, 1.82) is 0 Å². The SMILES string of the molecule is [B]c1ccc(F)cc1COC. The molecule has 0 bridgehead atoms. The van der Waals surface area contributed by atoms with Gasteiger partial charge in [0.05, 0.1) is 6.61 Å². The van der Waals surface area contributed by atoms with Gasteiger partial charge >= 0.3 is 0 Å². The van der Waals surface area contributed by atoms with Crippen molar-refractivity contribution in [3.63, 3.8) is 0 Å². The highest BCUT2D eigenvalue weighted by Gasteiger charge is 1.97. The van der Waals surface area contributed by atoms with Crippen molar-refractivity contribution < 1.29 is 9.13 Å². The lowest BCUT2D eigenvalue weighted by Gasteiger charge is -2.03. The minimum Gasteiger partial charge on any atom is -0.380 e. The summed E-state index contributed by atoms with van der Waals surface area (Å²) in [5.74, 6) is -0.286. The monoisotopic (exact) mass is 150 g/mol. The largest absolute Gasteiger partial charge is 0.380 e. The molecule has 3 heteroatoms. The number of hydrogen-bond donors (Lipinski definition) is 0. The number of rotatable bonds is 2. The van der Waals surface area contributed by atoms with Crippen molar-refractivity contribution in [3.8, 4) is 0 Å². The first-order valence-electron chi connectivity index (χ1n) is 3.27. The van der Waals surface area contributed by atoms with E-state index in [-0.39, 0.29) is 5.82 Å². The summed E-state index contributed by atoms with van der Waals surface area (Å²) in [6, 6.07) is 4.23. The van der Waals surface area contributed by atoms with Crippen LogP contribution in [-0.2, 0) is 11.3 Å². The van der Waals surface area contributed by atoms with Gasteiger partial charge in [-0.3, -0.25) is 0 Å². The molecular formula is C8H8BFO. The molecule has 0 unspecified atom stereocenters. The molecule has 11 heavy (non-hydrogen) atoms. The molecule has 0 spiro atoms. The van der Waals surface area contributed by atoms with Crippen LogP contribution in [0.5, 0.6) is 0 Å². The number of benzene rings is 1. The molecule has 0 saturated heterocycles. The van der Waals surface area contributed by atoms with Crippen LogP contribution in [0.3, 0.4) is 0 Å². The summed E-state index contributed by atoms with van der Waals surface area (Å²) in [7, 11) is 7.07. The van der Waals surface area contributed by atoms with E-state index in [0.29, 0.717) is 17.6 Å². The van der Waals surface area contributed by atoms with Crippen molar-refractivity contribution in [2.75, 3.05) is 7.11 Å². The smallest absolute Gasteiger partial charge is 0.123 e. The van der Waals surface area contributed by atoms with Gasteiger partial charge in [0, 0.05) is 7.11 Å². The topological polar surface area (TPSA) is 9.23 Å². The van der Waals surface area contributed by atoms with Crippen LogP contribution in [0.2, 0.25) is 0 Å². The summed E-state index contributed by atoms with van der Waals surface area (Å²) in [6.07, 6.45) is 0. The van der Waals surface area contributed by atoms with E-state index in [9.17, 15) is 4.39 Å². The molecule has 1 nitrogen and oxygen atoms in total. The molecule has 0 aromatic heterocycles. The van der Waals surface area contributed by atoms with Gasteiger partial charge in [0.15, 0.2) is 0 Å². The van der Waals surface area contributed by atoms with Crippen molar-refractivity contribution in [3.05, 3.63) is 29.6 Å². The van der Waals surface area contributed by atoms with Crippen molar-refractivity contribution in [1.82, 2.24) is 0 Å². The van der Waals surface area contributed by atoms with E-state index in [4.69, 9.17) is 12.6 Å². The molecule has 0 N–H and O–H groups in total. The Labute approximate surface area is 66.6 Å². The van der Waals surface area contributed by atoms with Crippen LogP contribution >= 0.6 is 0 Å². The lowest BCUT2D eigenvalue weighted by atomic mass is 9.91. The Morgan fingerprint density at radius 3 is 2.91 bits per heavy atom. The highest BCUT2D eigenvalue weighted by atomic mass is 19.1. The first-order chi connectivity index (χ1) is 5.24. The first kappa shape index (κ1) is 8.27. The maximum Gasteiger partial charge on any atom is 0.123 e. The fourth-order valence-corrected chi connectivity index (χ4v) is 0.855. The van der Waals surface area contributed by atoms with Crippen LogP contribution in [0.4, 0.5) is 4.39 Å². The quantitative estimate of drug-likeness (QED) is 0.565. The molecule has 0 saturated carbocycles. The van der Waals surface area contributed by atoms with Gasteiger partial charge < -0.3 is 4.74 Å². The average Bonchev–Trinajstić information content (AvgIpc) is 1.98. The van der Waals surface area contributed by atoms with Gasteiger partial charge in [-0.1, -0.05) is 11.5 Å². The molecule has 1 rings (SSSR count). The van der Waals surface area contributed by atoms with Crippen LogP contribution in [-0.4, -0.2) is 15.0 Å². The maximum absolute atomic E-state index is 12.6. The minimum atomic E-state index is -0.286. The first-order valence-corrected chi connectivity index (χ1v) is 3.27. The van der Waals surface area contributed by atoms with Crippen molar-refractivity contribution >= 4 is 13.3 Å². The van der Waals surface area contributed by atoms with Gasteiger partial charge in [0.1, 0.15) is 13.7 Å². The number of halogens is 1. The molecular weight excluding hydrogens is 142 g/mol. The predicted molar refractivity (Wildman–Crippen MR) is 42.5 cm³/mol. The van der Waals surface area contributed by atoms with Gasteiger partial charge in [-0.05, 0) is 17.7 Å². The Bertz CT molecular complexity index is 250.